The van der Waals surface area contributed by atoms with Crippen LogP contribution in [0.25, 0.3) is 0 Å². The number of carbonyl (C=O) groups is 2. The normalized spacial score (nSPS) is 16.6. The molecule has 3 rings (SSSR count). The summed E-state index contributed by atoms with van der Waals surface area (Å²) in [5.41, 5.74) is 1.90. The molecule has 5 heteroatoms. The van der Waals surface area contributed by atoms with Crippen LogP contribution in [-0.2, 0) is 22.4 Å². The molecule has 0 aliphatic carbocycles. The maximum Gasteiger partial charge on any atom is 0.243 e. The Bertz CT molecular complexity index is 667. The van der Waals surface area contributed by atoms with Gasteiger partial charge >= 0.3 is 0 Å². The minimum atomic E-state index is -0.445. The Hall–Kier alpha value is -2.14. The van der Waals surface area contributed by atoms with E-state index in [1.54, 1.807) is 23.3 Å². The van der Waals surface area contributed by atoms with Crippen LogP contribution in [0.5, 0.6) is 0 Å². The van der Waals surface area contributed by atoms with Gasteiger partial charge in [0.1, 0.15) is 6.04 Å². The van der Waals surface area contributed by atoms with Crippen LogP contribution in [0, 0.1) is 0 Å². The summed E-state index contributed by atoms with van der Waals surface area (Å²) in [4.78, 5) is 27.4. The lowest BCUT2D eigenvalue weighted by Gasteiger charge is -2.24. The lowest BCUT2D eigenvalue weighted by Crippen LogP contribution is -2.47. The highest BCUT2D eigenvalue weighted by atomic mass is 32.1. The Kier molecular flexibility index (Phi) is 3.75. The predicted molar refractivity (Wildman–Crippen MR) is 83.5 cm³/mol. The summed E-state index contributed by atoms with van der Waals surface area (Å²) in [6.07, 6.45) is 0.908. The second-order valence-electron chi connectivity index (χ2n) is 4.98. The predicted octanol–water partition coefficient (Wildman–Crippen LogP) is 1.99. The molecule has 0 bridgehead atoms. The Morgan fingerprint density at radius 1 is 1.29 bits per heavy atom. The number of benzene rings is 1. The first kappa shape index (κ1) is 13.8. The van der Waals surface area contributed by atoms with E-state index >= 15 is 0 Å². The third kappa shape index (κ3) is 2.56. The van der Waals surface area contributed by atoms with E-state index in [1.165, 1.54) is 0 Å². The minimum Gasteiger partial charge on any atom is -0.357 e. The van der Waals surface area contributed by atoms with Crippen molar-refractivity contribution in [3.05, 3.63) is 52.2 Å². The van der Waals surface area contributed by atoms with Crippen LogP contribution in [0.1, 0.15) is 10.4 Å². The smallest absolute Gasteiger partial charge is 0.243 e. The van der Waals surface area contributed by atoms with Crippen LogP contribution in [0.3, 0.4) is 0 Å². The lowest BCUT2D eigenvalue weighted by molar-refractivity contribution is -0.125. The van der Waals surface area contributed by atoms with Gasteiger partial charge in [0.15, 0.2) is 0 Å². The highest BCUT2D eigenvalue weighted by molar-refractivity contribution is 7.10. The number of anilines is 1. The van der Waals surface area contributed by atoms with E-state index in [9.17, 15) is 9.59 Å². The monoisotopic (exact) mass is 300 g/mol. The molecule has 1 N–H and O–H groups in total. The quantitative estimate of drug-likeness (QED) is 0.942. The van der Waals surface area contributed by atoms with E-state index in [0.717, 1.165) is 16.1 Å². The standard InChI is InChI=1S/C16H16N2O2S/c1-17-16(20)14-9-11-5-2-3-7-13(11)18(14)15(19)10-12-6-4-8-21-12/h2-8,14H,9-10H2,1H3,(H,17,20)/t14-/m1/s1. The third-order valence-electron chi connectivity index (χ3n) is 3.70. The number of nitrogens with zero attached hydrogens (tertiary/aromatic N) is 1. The van der Waals surface area contributed by atoms with Crippen molar-refractivity contribution >= 4 is 28.8 Å². The van der Waals surface area contributed by atoms with Gasteiger partial charge in [0.25, 0.3) is 0 Å². The zero-order valence-corrected chi connectivity index (χ0v) is 12.5. The van der Waals surface area contributed by atoms with Gasteiger partial charge < -0.3 is 5.32 Å². The van der Waals surface area contributed by atoms with Crippen LogP contribution in [0.2, 0.25) is 0 Å². The first-order chi connectivity index (χ1) is 10.2. The SMILES string of the molecule is CNC(=O)[C@H]1Cc2ccccc2N1C(=O)Cc1cccs1. The molecule has 1 aromatic heterocycles. The highest BCUT2D eigenvalue weighted by Gasteiger charge is 2.37. The van der Waals surface area contributed by atoms with Gasteiger partial charge in [-0.1, -0.05) is 24.3 Å². The Labute approximate surface area is 127 Å². The van der Waals surface area contributed by atoms with E-state index in [4.69, 9.17) is 0 Å². The second kappa shape index (κ2) is 5.69. The van der Waals surface area contributed by atoms with Crippen LogP contribution < -0.4 is 10.2 Å². The van der Waals surface area contributed by atoms with Gasteiger partial charge in [0.05, 0.1) is 6.42 Å². The number of fused-ring (bicyclic) bond motifs is 1. The summed E-state index contributed by atoms with van der Waals surface area (Å²) >= 11 is 1.56. The van der Waals surface area contributed by atoms with Crippen LogP contribution >= 0.6 is 11.3 Å². The molecule has 2 amide bonds. The Balaban J connectivity index is 1.91. The molecular formula is C16H16N2O2S. The van der Waals surface area contributed by atoms with Crippen molar-refractivity contribution in [1.82, 2.24) is 5.32 Å². The fourth-order valence-corrected chi connectivity index (χ4v) is 3.41. The number of carbonyl (C=O) groups excluding carboxylic acids is 2. The first-order valence-corrected chi connectivity index (χ1v) is 7.72. The largest absolute Gasteiger partial charge is 0.357 e. The lowest BCUT2D eigenvalue weighted by atomic mass is 10.1. The van der Waals surface area contributed by atoms with Crippen molar-refractivity contribution in [1.29, 1.82) is 0 Å². The highest BCUT2D eigenvalue weighted by Crippen LogP contribution is 2.32. The maximum absolute atomic E-state index is 12.7. The van der Waals surface area contributed by atoms with E-state index in [1.807, 2.05) is 41.8 Å². The van der Waals surface area contributed by atoms with Crippen molar-refractivity contribution in [2.45, 2.75) is 18.9 Å². The summed E-state index contributed by atoms with van der Waals surface area (Å²) < 4.78 is 0. The molecule has 0 fully saturated rings. The molecule has 1 aliphatic rings. The van der Waals surface area contributed by atoms with Gasteiger partial charge in [0.2, 0.25) is 11.8 Å². The molecule has 2 heterocycles. The molecule has 1 aromatic carbocycles. The summed E-state index contributed by atoms with van der Waals surface area (Å²) in [7, 11) is 1.60. The van der Waals surface area contributed by atoms with Crippen LogP contribution in [-0.4, -0.2) is 24.9 Å². The molecule has 108 valence electrons. The topological polar surface area (TPSA) is 49.4 Å². The van der Waals surface area contributed by atoms with Crippen molar-refractivity contribution in [3.8, 4) is 0 Å². The molecule has 0 radical (unpaired) electrons. The molecule has 0 unspecified atom stereocenters. The number of hydrogen-bond acceptors (Lipinski definition) is 3. The molecule has 0 saturated heterocycles. The second-order valence-corrected chi connectivity index (χ2v) is 6.02. The molecule has 1 aliphatic heterocycles. The molecule has 21 heavy (non-hydrogen) atoms. The fourth-order valence-electron chi connectivity index (χ4n) is 2.72. The zero-order chi connectivity index (χ0) is 14.8. The summed E-state index contributed by atoms with van der Waals surface area (Å²) in [5.74, 6) is -0.151. The molecule has 2 aromatic rings. The number of thiophene rings is 1. The molecule has 0 saturated carbocycles. The van der Waals surface area contributed by atoms with E-state index in [0.29, 0.717) is 12.8 Å². The van der Waals surface area contributed by atoms with Crippen molar-refractivity contribution in [2.24, 2.45) is 0 Å². The summed E-state index contributed by atoms with van der Waals surface area (Å²) in [6, 6.07) is 11.2. The average Bonchev–Trinajstić information content (AvgIpc) is 3.12. The molecule has 0 spiro atoms. The molecule has 1 atom stereocenters. The van der Waals surface area contributed by atoms with Crippen molar-refractivity contribution in [3.63, 3.8) is 0 Å². The number of likely N-dealkylation sites (N-methyl/N-ethyl adjacent to an activating group) is 1. The van der Waals surface area contributed by atoms with Gasteiger partial charge in [-0.3, -0.25) is 14.5 Å². The van der Waals surface area contributed by atoms with Gasteiger partial charge in [-0.25, -0.2) is 0 Å². The summed E-state index contributed by atoms with van der Waals surface area (Å²) in [5, 5.41) is 4.61. The van der Waals surface area contributed by atoms with E-state index in [-0.39, 0.29) is 11.8 Å². The Morgan fingerprint density at radius 2 is 2.10 bits per heavy atom. The maximum atomic E-state index is 12.7. The zero-order valence-electron chi connectivity index (χ0n) is 11.7. The van der Waals surface area contributed by atoms with Gasteiger partial charge in [-0.05, 0) is 23.1 Å². The average molecular weight is 300 g/mol. The van der Waals surface area contributed by atoms with Crippen LogP contribution in [0.4, 0.5) is 5.69 Å². The van der Waals surface area contributed by atoms with Gasteiger partial charge in [-0.15, -0.1) is 11.3 Å². The van der Waals surface area contributed by atoms with Gasteiger partial charge in [-0.2, -0.15) is 0 Å². The third-order valence-corrected chi connectivity index (χ3v) is 4.58. The number of para-hydroxylation sites is 1. The van der Waals surface area contributed by atoms with Crippen molar-refractivity contribution in [2.75, 3.05) is 11.9 Å². The number of nitrogens with one attached hydrogen (secondary N) is 1. The Morgan fingerprint density at radius 3 is 2.81 bits per heavy atom. The van der Waals surface area contributed by atoms with Crippen molar-refractivity contribution < 1.29 is 9.59 Å². The van der Waals surface area contributed by atoms with Crippen LogP contribution in [0.15, 0.2) is 41.8 Å². The number of rotatable bonds is 3. The number of hydrogen-bond donors (Lipinski definition) is 1. The fraction of sp³-hybridized carbons (Fsp3) is 0.250. The van der Waals surface area contributed by atoms with E-state index in [2.05, 4.69) is 5.32 Å². The minimum absolute atomic E-state index is 0.0315. The summed E-state index contributed by atoms with van der Waals surface area (Å²) in [6.45, 7) is 0. The molecule has 4 nitrogen and oxygen atoms in total. The van der Waals surface area contributed by atoms with Gasteiger partial charge in [0, 0.05) is 24.0 Å². The first-order valence-electron chi connectivity index (χ1n) is 6.84. The number of amides is 2. The van der Waals surface area contributed by atoms with E-state index < -0.39 is 6.04 Å². The molecular weight excluding hydrogens is 284 g/mol.